The summed E-state index contributed by atoms with van der Waals surface area (Å²) in [5, 5.41) is 5.90. The van der Waals surface area contributed by atoms with Crippen molar-refractivity contribution >= 4 is 29.1 Å². The summed E-state index contributed by atoms with van der Waals surface area (Å²) in [4.78, 5) is 24.7. The van der Waals surface area contributed by atoms with Gasteiger partial charge in [-0.15, -0.1) is 6.42 Å². The number of hydrogen-bond acceptors (Lipinski definition) is 3. The number of terminal acetylenes is 1. The number of aryl methyl sites for hydroxylation is 1. The number of nitrogens with zero attached hydrogens (tertiary/aromatic N) is 2. The third-order valence-corrected chi connectivity index (χ3v) is 4.17. The monoisotopic (exact) mass is 503 g/mol. The van der Waals surface area contributed by atoms with Gasteiger partial charge in [-0.3, -0.25) is 14.3 Å². The lowest BCUT2D eigenvalue weighted by atomic mass is 10.0. The van der Waals surface area contributed by atoms with Crippen LogP contribution in [0.15, 0.2) is 24.8 Å². The molecule has 0 fully saturated rings. The molecule has 1 heterocycles. The van der Waals surface area contributed by atoms with Crippen LogP contribution in [0.1, 0.15) is 37.7 Å². The summed E-state index contributed by atoms with van der Waals surface area (Å²) in [6.45, 7) is 2.78. The molecule has 0 aliphatic rings. The highest BCUT2D eigenvalue weighted by atomic mass is 35.5. The summed E-state index contributed by atoms with van der Waals surface area (Å²) < 4.78 is 86.4. The molecule has 0 aliphatic heterocycles. The number of carbonyl (C=O) groups is 2. The summed E-state index contributed by atoms with van der Waals surface area (Å²) in [7, 11) is 1.09. The van der Waals surface area contributed by atoms with E-state index in [1.165, 1.54) is 18.2 Å². The molecule has 0 atom stereocenters. The van der Waals surface area contributed by atoms with Crippen molar-refractivity contribution in [3.63, 3.8) is 0 Å². The van der Waals surface area contributed by atoms with E-state index in [4.69, 9.17) is 36.3 Å². The first kappa shape index (κ1) is 29.6. The number of amides is 1. The minimum absolute atomic E-state index is 0.00564. The second-order valence-electron chi connectivity index (χ2n) is 5.90. The van der Waals surface area contributed by atoms with Crippen LogP contribution in [0.25, 0.3) is 5.83 Å². The number of rotatable bonds is 6. The standard InChI is InChI=1S/C19H14ClF4N3O2.2F2/c1-4-7-25-18(29)12-8-11(5-6-13(12)20)9-14(28)17-15(19(22,23)24)16(10(2)21)26-27(17)3;2*1-2/h1,5-6,8H,2,7,9H2,3H3,(H,25,29);;. The molecule has 2 aromatic rings. The molecular weight excluding hydrogens is 490 g/mol. The maximum atomic E-state index is 13.4. The van der Waals surface area contributed by atoms with Crippen LogP contribution >= 0.6 is 11.6 Å². The summed E-state index contributed by atoms with van der Waals surface area (Å²) in [5.74, 6) is -0.777. The van der Waals surface area contributed by atoms with E-state index in [0.717, 1.165) is 7.05 Å². The topological polar surface area (TPSA) is 64.0 Å². The van der Waals surface area contributed by atoms with Gasteiger partial charge < -0.3 is 5.32 Å². The molecule has 0 aliphatic carbocycles. The number of carbonyl (C=O) groups excluding carboxylic acids is 2. The average molecular weight is 504 g/mol. The molecule has 0 bridgehead atoms. The van der Waals surface area contributed by atoms with Gasteiger partial charge in [0, 0.05) is 31.8 Å². The van der Waals surface area contributed by atoms with Crippen molar-refractivity contribution in [1.82, 2.24) is 15.1 Å². The van der Waals surface area contributed by atoms with Gasteiger partial charge in [0.15, 0.2) is 5.78 Å². The van der Waals surface area contributed by atoms with Crippen LogP contribution in [-0.2, 0) is 19.6 Å². The van der Waals surface area contributed by atoms with Gasteiger partial charge in [0.2, 0.25) is 0 Å². The van der Waals surface area contributed by atoms with Crippen molar-refractivity contribution < 1.29 is 45.4 Å². The maximum absolute atomic E-state index is 13.4. The zero-order valence-electron chi connectivity index (χ0n) is 16.5. The van der Waals surface area contributed by atoms with Crippen molar-refractivity contribution in [2.24, 2.45) is 7.05 Å². The highest BCUT2D eigenvalue weighted by molar-refractivity contribution is 6.33. The van der Waals surface area contributed by atoms with Gasteiger partial charge in [0.25, 0.3) is 5.91 Å². The Balaban J connectivity index is 0.00000242. The third-order valence-electron chi connectivity index (χ3n) is 3.84. The maximum Gasteiger partial charge on any atom is 0.420 e. The molecule has 1 aromatic carbocycles. The van der Waals surface area contributed by atoms with E-state index in [-0.39, 0.29) is 22.7 Å². The van der Waals surface area contributed by atoms with Crippen LogP contribution in [0.5, 0.6) is 0 Å². The molecular formula is C19H14ClF8N3O2. The Kier molecular flexibility index (Phi) is 11.9. The molecule has 1 aromatic heterocycles. The molecule has 5 nitrogen and oxygen atoms in total. The zero-order chi connectivity index (χ0) is 25.9. The van der Waals surface area contributed by atoms with E-state index in [2.05, 4.69) is 22.9 Å². The molecule has 1 N–H and O–H groups in total. The Morgan fingerprint density at radius 1 is 1.24 bits per heavy atom. The lowest BCUT2D eigenvalue weighted by Gasteiger charge is -2.11. The van der Waals surface area contributed by atoms with Crippen molar-refractivity contribution in [3.05, 3.63) is 57.9 Å². The fourth-order valence-corrected chi connectivity index (χ4v) is 2.86. The third kappa shape index (κ3) is 7.60. The van der Waals surface area contributed by atoms with E-state index < -0.39 is 47.1 Å². The number of halogens is 9. The number of ketones is 1. The van der Waals surface area contributed by atoms with Crippen molar-refractivity contribution in [1.29, 1.82) is 0 Å². The highest BCUT2D eigenvalue weighted by Crippen LogP contribution is 2.37. The zero-order valence-corrected chi connectivity index (χ0v) is 17.3. The number of benzene rings is 1. The lowest BCUT2D eigenvalue weighted by molar-refractivity contribution is -0.138. The SMILES string of the molecule is C#CCNC(=O)c1cc(CC(=O)c2c(C(F)(F)F)c(C(=C)F)nn2C)ccc1Cl.FF.FF. The summed E-state index contributed by atoms with van der Waals surface area (Å²) in [6.07, 6.45) is -0.466. The Bertz CT molecular complexity index is 1040. The molecule has 33 heavy (non-hydrogen) atoms. The Hall–Kier alpha value is -3.40. The fourth-order valence-electron chi connectivity index (χ4n) is 2.65. The van der Waals surface area contributed by atoms with Crippen molar-refractivity contribution in [3.8, 4) is 12.3 Å². The van der Waals surface area contributed by atoms with Crippen LogP contribution in [0.4, 0.5) is 35.9 Å². The Morgan fingerprint density at radius 3 is 2.30 bits per heavy atom. The molecule has 180 valence electrons. The van der Waals surface area contributed by atoms with Gasteiger partial charge in [0.1, 0.15) is 22.8 Å². The molecule has 1 amide bonds. The number of aromatic nitrogens is 2. The summed E-state index contributed by atoms with van der Waals surface area (Å²) in [6, 6.07) is 3.99. The molecule has 0 spiro atoms. The van der Waals surface area contributed by atoms with Crippen LogP contribution < -0.4 is 5.32 Å². The second kappa shape index (κ2) is 13.2. The minimum Gasteiger partial charge on any atom is -0.341 e. The number of hydrogen-bond donors (Lipinski definition) is 1. The normalized spacial score (nSPS) is 10.1. The van der Waals surface area contributed by atoms with E-state index in [9.17, 15) is 27.2 Å². The average Bonchev–Trinajstić information content (AvgIpc) is 3.14. The largest absolute Gasteiger partial charge is 0.420 e. The smallest absolute Gasteiger partial charge is 0.341 e. The van der Waals surface area contributed by atoms with E-state index in [1.807, 2.05) is 0 Å². The van der Waals surface area contributed by atoms with E-state index in [1.54, 1.807) is 0 Å². The fraction of sp³-hybridized carbons (Fsp3) is 0.211. The Morgan fingerprint density at radius 2 is 1.82 bits per heavy atom. The molecule has 0 unspecified atom stereocenters. The number of nitrogens with one attached hydrogen (secondary N) is 1. The van der Waals surface area contributed by atoms with Crippen LogP contribution in [-0.4, -0.2) is 28.0 Å². The molecule has 2 rings (SSSR count). The van der Waals surface area contributed by atoms with Crippen LogP contribution in [0.2, 0.25) is 5.02 Å². The summed E-state index contributed by atoms with van der Waals surface area (Å²) in [5.41, 5.74) is -3.14. The van der Waals surface area contributed by atoms with Crippen molar-refractivity contribution in [2.45, 2.75) is 12.6 Å². The van der Waals surface area contributed by atoms with Gasteiger partial charge in [-0.25, -0.2) is 4.39 Å². The first-order valence-corrected chi connectivity index (χ1v) is 8.66. The molecule has 0 radical (unpaired) electrons. The molecule has 0 saturated carbocycles. The highest BCUT2D eigenvalue weighted by Gasteiger charge is 2.42. The minimum atomic E-state index is -5.02. The van der Waals surface area contributed by atoms with Gasteiger partial charge >= 0.3 is 6.18 Å². The first-order valence-electron chi connectivity index (χ1n) is 8.28. The van der Waals surface area contributed by atoms with Crippen LogP contribution in [0, 0.1) is 12.3 Å². The predicted molar refractivity (Wildman–Crippen MR) is 103 cm³/mol. The van der Waals surface area contributed by atoms with Crippen molar-refractivity contribution in [2.75, 3.05) is 6.54 Å². The van der Waals surface area contributed by atoms with Gasteiger partial charge in [0.05, 0.1) is 17.1 Å². The van der Waals surface area contributed by atoms with Gasteiger partial charge in [-0.2, -0.15) is 18.3 Å². The quantitative estimate of drug-likeness (QED) is 0.322. The lowest BCUT2D eigenvalue weighted by Crippen LogP contribution is -2.24. The predicted octanol–water partition coefficient (Wildman–Crippen LogP) is 5.50. The van der Waals surface area contributed by atoms with Crippen LogP contribution in [0.3, 0.4) is 0 Å². The number of alkyl halides is 3. The summed E-state index contributed by atoms with van der Waals surface area (Å²) >= 11 is 5.96. The Labute approximate surface area is 186 Å². The first-order chi connectivity index (χ1) is 15.5. The molecule has 14 heteroatoms. The number of Topliss-reactive ketones (excluding diaryl/α,β-unsaturated/α-hetero) is 1. The van der Waals surface area contributed by atoms with Gasteiger partial charge in [-0.1, -0.05) is 30.2 Å². The van der Waals surface area contributed by atoms with E-state index in [0.29, 0.717) is 4.68 Å². The second-order valence-corrected chi connectivity index (χ2v) is 6.31. The molecule has 0 saturated heterocycles. The van der Waals surface area contributed by atoms with Gasteiger partial charge in [-0.05, 0) is 17.7 Å². The van der Waals surface area contributed by atoms with E-state index >= 15 is 0 Å².